The molecular formula is C22H27N3O3S. The van der Waals surface area contributed by atoms with Crippen molar-refractivity contribution in [1.82, 2.24) is 9.55 Å². The van der Waals surface area contributed by atoms with Gasteiger partial charge in [0.1, 0.15) is 5.75 Å². The molecule has 1 aromatic heterocycles. The van der Waals surface area contributed by atoms with Crippen LogP contribution in [-0.2, 0) is 16.1 Å². The van der Waals surface area contributed by atoms with E-state index in [4.69, 9.17) is 9.47 Å². The predicted octanol–water partition coefficient (Wildman–Crippen LogP) is 4.59. The van der Waals surface area contributed by atoms with Gasteiger partial charge in [0.15, 0.2) is 0 Å². The zero-order valence-electron chi connectivity index (χ0n) is 16.9. The number of imidazole rings is 1. The lowest BCUT2D eigenvalue weighted by atomic mass is 10.3. The van der Waals surface area contributed by atoms with Gasteiger partial charge in [-0.3, -0.25) is 10.1 Å². The van der Waals surface area contributed by atoms with Crippen LogP contribution < -0.4 is 10.1 Å². The number of aryl methyl sites for hydroxylation is 1. The third kappa shape index (κ3) is 5.98. The van der Waals surface area contributed by atoms with Crippen LogP contribution in [0.2, 0.25) is 0 Å². The number of hydrogen-bond donors (Lipinski definition) is 1. The highest BCUT2D eigenvalue weighted by atomic mass is 32.2. The first-order valence-electron chi connectivity index (χ1n) is 9.89. The molecule has 0 saturated heterocycles. The summed E-state index contributed by atoms with van der Waals surface area (Å²) >= 11 is 1.49. The molecule has 1 amide bonds. The molecule has 2 aromatic carbocycles. The number of benzene rings is 2. The number of amides is 1. The van der Waals surface area contributed by atoms with Gasteiger partial charge in [-0.05, 0) is 56.7 Å². The van der Waals surface area contributed by atoms with Crippen LogP contribution in [-0.4, -0.2) is 41.0 Å². The van der Waals surface area contributed by atoms with E-state index in [2.05, 4.69) is 10.3 Å². The van der Waals surface area contributed by atoms with Crippen molar-refractivity contribution < 1.29 is 14.3 Å². The van der Waals surface area contributed by atoms with E-state index in [9.17, 15) is 4.79 Å². The number of hydrogen-bond acceptors (Lipinski definition) is 5. The number of nitrogens with one attached hydrogen (secondary N) is 1. The van der Waals surface area contributed by atoms with Gasteiger partial charge in [0.2, 0.25) is 11.9 Å². The second-order valence-electron chi connectivity index (χ2n) is 6.37. The fourth-order valence-electron chi connectivity index (χ4n) is 2.97. The molecule has 0 bridgehead atoms. The second-order valence-corrected chi connectivity index (χ2v) is 7.42. The summed E-state index contributed by atoms with van der Waals surface area (Å²) in [4.78, 5) is 18.2. The van der Waals surface area contributed by atoms with Crippen molar-refractivity contribution in [3.05, 3.63) is 48.5 Å². The van der Waals surface area contributed by atoms with Gasteiger partial charge in [0, 0.05) is 24.7 Å². The van der Waals surface area contributed by atoms with E-state index in [1.165, 1.54) is 11.8 Å². The second kappa shape index (κ2) is 10.9. The normalized spacial score (nSPS) is 11.0. The summed E-state index contributed by atoms with van der Waals surface area (Å²) < 4.78 is 12.9. The number of aromatic nitrogens is 2. The summed E-state index contributed by atoms with van der Waals surface area (Å²) in [6.07, 6.45) is 0.859. The van der Waals surface area contributed by atoms with Crippen LogP contribution >= 0.6 is 11.8 Å². The number of ether oxygens (including phenoxy) is 2. The Morgan fingerprint density at radius 1 is 1.10 bits per heavy atom. The number of anilines is 1. The summed E-state index contributed by atoms with van der Waals surface area (Å²) in [5, 5.41) is 2.97. The van der Waals surface area contributed by atoms with Crippen molar-refractivity contribution >= 4 is 34.7 Å². The minimum atomic E-state index is -0.0785. The highest BCUT2D eigenvalue weighted by Crippen LogP contribution is 2.23. The Labute approximate surface area is 175 Å². The van der Waals surface area contributed by atoms with E-state index in [1.807, 2.05) is 66.9 Å². The topological polar surface area (TPSA) is 65.4 Å². The van der Waals surface area contributed by atoms with Crippen LogP contribution in [0.1, 0.15) is 20.3 Å². The van der Waals surface area contributed by atoms with Crippen molar-refractivity contribution in [2.45, 2.75) is 31.7 Å². The molecule has 29 heavy (non-hydrogen) atoms. The Bertz CT molecular complexity index is 925. The molecule has 0 aliphatic rings. The molecule has 1 N–H and O–H groups in total. The number of thioether (sulfide) groups is 1. The molecule has 3 rings (SSSR count). The van der Waals surface area contributed by atoms with Crippen LogP contribution in [0.3, 0.4) is 0 Å². The zero-order valence-corrected chi connectivity index (χ0v) is 17.7. The monoisotopic (exact) mass is 413 g/mol. The zero-order chi connectivity index (χ0) is 20.5. The largest absolute Gasteiger partial charge is 0.494 e. The number of carbonyl (C=O) groups is 1. The maximum Gasteiger partial charge on any atom is 0.237 e. The molecule has 154 valence electrons. The molecule has 0 aliphatic heterocycles. The van der Waals surface area contributed by atoms with Crippen molar-refractivity contribution in [3.63, 3.8) is 0 Å². The number of rotatable bonds is 11. The van der Waals surface area contributed by atoms with Crippen LogP contribution in [0.4, 0.5) is 5.95 Å². The van der Waals surface area contributed by atoms with E-state index in [0.29, 0.717) is 31.5 Å². The standard InChI is InChI=1S/C22H27N3O3S/c1-3-27-15-7-14-25-20-9-6-5-8-19(20)23-22(25)24-21(26)16-29-18-12-10-17(11-13-18)28-4-2/h5-6,8-13H,3-4,7,14-16H2,1-2H3,(H,23,24,26). The van der Waals surface area contributed by atoms with E-state index in [-0.39, 0.29) is 5.91 Å². The van der Waals surface area contributed by atoms with Crippen LogP contribution in [0, 0.1) is 0 Å². The third-order valence-corrected chi connectivity index (χ3v) is 5.30. The Hall–Kier alpha value is -2.51. The molecule has 0 aliphatic carbocycles. The molecule has 0 atom stereocenters. The van der Waals surface area contributed by atoms with Gasteiger partial charge in [0.05, 0.1) is 23.4 Å². The van der Waals surface area contributed by atoms with Crippen LogP contribution in [0.15, 0.2) is 53.4 Å². The third-order valence-electron chi connectivity index (χ3n) is 4.28. The molecule has 7 heteroatoms. The van der Waals surface area contributed by atoms with Gasteiger partial charge >= 0.3 is 0 Å². The van der Waals surface area contributed by atoms with Gasteiger partial charge in [-0.25, -0.2) is 4.98 Å². The molecule has 0 radical (unpaired) electrons. The predicted molar refractivity (Wildman–Crippen MR) is 118 cm³/mol. The van der Waals surface area contributed by atoms with E-state index in [0.717, 1.165) is 34.6 Å². The summed E-state index contributed by atoms with van der Waals surface area (Å²) in [6.45, 7) is 6.71. The Balaban J connectivity index is 1.62. The van der Waals surface area contributed by atoms with Crippen molar-refractivity contribution in [3.8, 4) is 5.75 Å². The van der Waals surface area contributed by atoms with E-state index in [1.54, 1.807) is 0 Å². The van der Waals surface area contributed by atoms with Crippen molar-refractivity contribution in [2.24, 2.45) is 0 Å². The first kappa shape index (κ1) is 21.2. The molecule has 0 saturated carbocycles. The van der Waals surface area contributed by atoms with E-state index >= 15 is 0 Å². The summed E-state index contributed by atoms with van der Waals surface area (Å²) in [7, 11) is 0. The average Bonchev–Trinajstić information content (AvgIpc) is 3.08. The number of para-hydroxylation sites is 2. The average molecular weight is 414 g/mol. The molecule has 6 nitrogen and oxygen atoms in total. The molecule has 0 spiro atoms. The quantitative estimate of drug-likeness (QED) is 0.368. The lowest BCUT2D eigenvalue weighted by Gasteiger charge is -2.10. The number of carbonyl (C=O) groups excluding carboxylic acids is 1. The van der Waals surface area contributed by atoms with Gasteiger partial charge in [0.25, 0.3) is 0 Å². The molecule has 1 heterocycles. The van der Waals surface area contributed by atoms with Gasteiger partial charge < -0.3 is 14.0 Å². The van der Waals surface area contributed by atoms with E-state index < -0.39 is 0 Å². The lowest BCUT2D eigenvalue weighted by molar-refractivity contribution is -0.113. The maximum absolute atomic E-state index is 12.5. The fourth-order valence-corrected chi connectivity index (χ4v) is 3.67. The minimum absolute atomic E-state index is 0.0785. The minimum Gasteiger partial charge on any atom is -0.494 e. The Kier molecular flexibility index (Phi) is 7.95. The van der Waals surface area contributed by atoms with Crippen LogP contribution in [0.5, 0.6) is 5.75 Å². The lowest BCUT2D eigenvalue weighted by Crippen LogP contribution is -2.18. The van der Waals surface area contributed by atoms with Crippen molar-refractivity contribution in [1.29, 1.82) is 0 Å². The fraction of sp³-hybridized carbons (Fsp3) is 0.364. The molecule has 0 unspecified atom stereocenters. The summed E-state index contributed by atoms with van der Waals surface area (Å²) in [5.74, 6) is 1.66. The maximum atomic E-state index is 12.5. The Morgan fingerprint density at radius 3 is 2.66 bits per heavy atom. The molecule has 3 aromatic rings. The molecular weight excluding hydrogens is 386 g/mol. The molecule has 0 fully saturated rings. The van der Waals surface area contributed by atoms with Gasteiger partial charge in [-0.2, -0.15) is 0 Å². The Morgan fingerprint density at radius 2 is 1.90 bits per heavy atom. The number of nitrogens with zero attached hydrogens (tertiary/aromatic N) is 2. The van der Waals surface area contributed by atoms with Gasteiger partial charge in [-0.1, -0.05) is 12.1 Å². The van der Waals surface area contributed by atoms with Crippen LogP contribution in [0.25, 0.3) is 11.0 Å². The summed E-state index contributed by atoms with van der Waals surface area (Å²) in [6, 6.07) is 15.7. The van der Waals surface area contributed by atoms with Gasteiger partial charge in [-0.15, -0.1) is 11.8 Å². The first-order chi connectivity index (χ1) is 14.2. The van der Waals surface area contributed by atoms with Crippen molar-refractivity contribution in [2.75, 3.05) is 30.9 Å². The number of fused-ring (bicyclic) bond motifs is 1. The highest BCUT2D eigenvalue weighted by molar-refractivity contribution is 8.00. The summed E-state index contributed by atoms with van der Waals surface area (Å²) in [5.41, 5.74) is 1.89. The SMILES string of the molecule is CCOCCCn1c(NC(=O)CSc2ccc(OCC)cc2)nc2ccccc21. The smallest absolute Gasteiger partial charge is 0.237 e. The first-order valence-corrected chi connectivity index (χ1v) is 10.9. The highest BCUT2D eigenvalue weighted by Gasteiger charge is 2.13.